The van der Waals surface area contributed by atoms with Gasteiger partial charge in [-0.2, -0.15) is 5.26 Å². The number of hydrogen-bond acceptors (Lipinski definition) is 8. The number of carbonyl (C=O) groups excluding carboxylic acids is 1. The van der Waals surface area contributed by atoms with Crippen LogP contribution in [0.4, 0.5) is 16.5 Å². The average molecular weight is 412 g/mol. The largest absolute Gasteiger partial charge is 0.497 e. The lowest BCUT2D eigenvalue weighted by molar-refractivity contribution is -0.115. The van der Waals surface area contributed by atoms with Crippen LogP contribution in [0, 0.1) is 11.3 Å². The fourth-order valence-corrected chi connectivity index (χ4v) is 4.16. The van der Waals surface area contributed by atoms with Crippen molar-refractivity contribution in [1.29, 1.82) is 5.26 Å². The Morgan fingerprint density at radius 3 is 2.79 bits per heavy atom. The topological polar surface area (TPSA) is 99.9 Å². The van der Waals surface area contributed by atoms with Gasteiger partial charge in [-0.05, 0) is 37.3 Å². The van der Waals surface area contributed by atoms with E-state index in [0.29, 0.717) is 20.7 Å². The summed E-state index contributed by atoms with van der Waals surface area (Å²) in [6.45, 7) is 1.80. The van der Waals surface area contributed by atoms with Crippen molar-refractivity contribution in [3.63, 3.8) is 0 Å². The SMILES string of the molecule is COc1cccc(Nc2nnc(SC(C)C(=O)Nc3cccc(C#N)c3)s2)c1. The van der Waals surface area contributed by atoms with Crippen molar-refractivity contribution in [3.8, 4) is 11.8 Å². The molecule has 3 rings (SSSR count). The number of nitrogens with one attached hydrogen (secondary N) is 2. The van der Waals surface area contributed by atoms with Gasteiger partial charge in [0.1, 0.15) is 5.75 Å². The zero-order valence-electron chi connectivity index (χ0n) is 15.2. The summed E-state index contributed by atoms with van der Waals surface area (Å²) in [5.41, 5.74) is 1.93. The number of carbonyl (C=O) groups is 1. The van der Waals surface area contributed by atoms with Crippen molar-refractivity contribution in [1.82, 2.24) is 10.2 Å². The molecule has 9 heteroatoms. The van der Waals surface area contributed by atoms with Crippen LogP contribution in [-0.2, 0) is 4.79 Å². The first-order valence-corrected chi connectivity index (χ1v) is 9.99. The van der Waals surface area contributed by atoms with Crippen molar-refractivity contribution in [2.45, 2.75) is 16.5 Å². The lowest BCUT2D eigenvalue weighted by atomic mass is 10.2. The summed E-state index contributed by atoms with van der Waals surface area (Å²) in [5, 5.41) is 23.4. The fraction of sp³-hybridized carbons (Fsp3) is 0.158. The molecule has 1 atom stereocenters. The molecule has 0 aliphatic heterocycles. The second-order valence-electron chi connectivity index (χ2n) is 5.67. The first-order chi connectivity index (χ1) is 13.6. The van der Waals surface area contributed by atoms with Crippen LogP contribution < -0.4 is 15.4 Å². The number of benzene rings is 2. The molecule has 1 aromatic heterocycles. The Morgan fingerprint density at radius 1 is 1.21 bits per heavy atom. The molecular formula is C19H17N5O2S2. The molecule has 7 nitrogen and oxygen atoms in total. The van der Waals surface area contributed by atoms with Crippen LogP contribution in [-0.4, -0.2) is 28.5 Å². The summed E-state index contributed by atoms with van der Waals surface area (Å²) in [5.74, 6) is 0.576. The summed E-state index contributed by atoms with van der Waals surface area (Å²) in [6, 6.07) is 16.4. The molecule has 3 aromatic rings. The second kappa shape index (κ2) is 9.21. The normalized spacial score (nSPS) is 11.3. The van der Waals surface area contributed by atoms with Gasteiger partial charge in [-0.25, -0.2) is 0 Å². The van der Waals surface area contributed by atoms with Gasteiger partial charge in [0.2, 0.25) is 11.0 Å². The highest BCUT2D eigenvalue weighted by atomic mass is 32.2. The van der Waals surface area contributed by atoms with Crippen molar-refractivity contribution in [3.05, 3.63) is 54.1 Å². The highest BCUT2D eigenvalue weighted by Gasteiger charge is 2.17. The first kappa shape index (κ1) is 19.7. The van der Waals surface area contributed by atoms with Gasteiger partial charge in [-0.3, -0.25) is 4.79 Å². The van der Waals surface area contributed by atoms with Gasteiger partial charge in [0.25, 0.3) is 0 Å². The lowest BCUT2D eigenvalue weighted by Crippen LogP contribution is -2.22. The molecule has 1 heterocycles. The van der Waals surface area contributed by atoms with Gasteiger partial charge in [-0.1, -0.05) is 35.2 Å². The van der Waals surface area contributed by atoms with Gasteiger partial charge in [0, 0.05) is 17.4 Å². The molecule has 0 fully saturated rings. The summed E-state index contributed by atoms with van der Waals surface area (Å²) in [6.07, 6.45) is 0. The maximum absolute atomic E-state index is 12.4. The maximum atomic E-state index is 12.4. The molecular weight excluding hydrogens is 394 g/mol. The molecule has 0 spiro atoms. The lowest BCUT2D eigenvalue weighted by Gasteiger charge is -2.10. The van der Waals surface area contributed by atoms with E-state index in [4.69, 9.17) is 10.00 Å². The third-order valence-electron chi connectivity index (χ3n) is 3.63. The Kier molecular flexibility index (Phi) is 6.47. The number of aromatic nitrogens is 2. The average Bonchev–Trinajstić information content (AvgIpc) is 3.14. The molecule has 0 aliphatic carbocycles. The molecule has 28 heavy (non-hydrogen) atoms. The van der Waals surface area contributed by atoms with E-state index in [1.807, 2.05) is 24.3 Å². The molecule has 0 aliphatic rings. The predicted molar refractivity (Wildman–Crippen MR) is 111 cm³/mol. The Hall–Kier alpha value is -3.09. The standard InChI is InChI=1S/C19H17N5O2S2/c1-12(17(25)21-14-6-3-5-13(9-14)11-20)27-19-24-23-18(28-19)22-15-7-4-8-16(10-15)26-2/h3-10,12H,1-2H3,(H,21,25)(H,22,23). The minimum absolute atomic E-state index is 0.169. The molecule has 0 saturated heterocycles. The summed E-state index contributed by atoms with van der Waals surface area (Å²) < 4.78 is 5.88. The number of thioether (sulfide) groups is 1. The van der Waals surface area contributed by atoms with Crippen LogP contribution in [0.15, 0.2) is 52.9 Å². The Bertz CT molecular complexity index is 1020. The van der Waals surface area contributed by atoms with E-state index < -0.39 is 0 Å². The van der Waals surface area contributed by atoms with E-state index in [9.17, 15) is 4.79 Å². The number of methoxy groups -OCH3 is 1. The number of ether oxygens (including phenoxy) is 1. The molecule has 0 radical (unpaired) electrons. The zero-order valence-corrected chi connectivity index (χ0v) is 16.8. The quantitative estimate of drug-likeness (QED) is 0.560. The number of hydrogen-bond donors (Lipinski definition) is 2. The summed E-state index contributed by atoms with van der Waals surface area (Å²) in [7, 11) is 1.61. The van der Waals surface area contributed by atoms with Crippen LogP contribution in [0.1, 0.15) is 12.5 Å². The summed E-state index contributed by atoms with van der Waals surface area (Å²) in [4.78, 5) is 12.4. The van der Waals surface area contributed by atoms with Gasteiger partial charge < -0.3 is 15.4 Å². The van der Waals surface area contributed by atoms with Crippen molar-refractivity contribution in [2.24, 2.45) is 0 Å². The molecule has 1 unspecified atom stereocenters. The molecule has 1 amide bonds. The third kappa shape index (κ3) is 5.22. The zero-order chi connectivity index (χ0) is 19.9. The number of amides is 1. The molecule has 0 saturated carbocycles. The smallest absolute Gasteiger partial charge is 0.237 e. The van der Waals surface area contributed by atoms with Gasteiger partial charge in [-0.15, -0.1) is 10.2 Å². The van der Waals surface area contributed by atoms with E-state index >= 15 is 0 Å². The second-order valence-corrected chi connectivity index (χ2v) is 8.24. The first-order valence-electron chi connectivity index (χ1n) is 8.29. The molecule has 2 N–H and O–H groups in total. The van der Waals surface area contributed by atoms with Gasteiger partial charge in [0.15, 0.2) is 4.34 Å². The van der Waals surface area contributed by atoms with E-state index in [1.54, 1.807) is 38.3 Å². The van der Waals surface area contributed by atoms with Crippen LogP contribution in [0.25, 0.3) is 0 Å². The minimum atomic E-state index is -0.372. The van der Waals surface area contributed by atoms with Crippen LogP contribution in [0.2, 0.25) is 0 Å². The highest BCUT2D eigenvalue weighted by Crippen LogP contribution is 2.31. The van der Waals surface area contributed by atoms with E-state index in [0.717, 1.165) is 11.4 Å². The molecule has 142 valence electrons. The number of nitrogens with zero attached hydrogens (tertiary/aromatic N) is 3. The van der Waals surface area contributed by atoms with Crippen molar-refractivity contribution >= 4 is 45.5 Å². The number of nitriles is 1. The fourth-order valence-electron chi connectivity index (χ4n) is 2.25. The van der Waals surface area contributed by atoms with Crippen molar-refractivity contribution < 1.29 is 9.53 Å². The van der Waals surface area contributed by atoms with Crippen LogP contribution in [0.3, 0.4) is 0 Å². The monoisotopic (exact) mass is 411 g/mol. The Morgan fingerprint density at radius 2 is 2.00 bits per heavy atom. The van der Waals surface area contributed by atoms with E-state index in [1.165, 1.54) is 23.1 Å². The third-order valence-corrected chi connectivity index (χ3v) is 5.66. The van der Waals surface area contributed by atoms with E-state index in [-0.39, 0.29) is 11.2 Å². The predicted octanol–water partition coefficient (Wildman–Crippen LogP) is 4.28. The van der Waals surface area contributed by atoms with Crippen molar-refractivity contribution in [2.75, 3.05) is 17.7 Å². The molecule has 2 aromatic carbocycles. The number of rotatable bonds is 7. The summed E-state index contributed by atoms with van der Waals surface area (Å²) >= 11 is 2.69. The van der Waals surface area contributed by atoms with Crippen LogP contribution >= 0.6 is 23.1 Å². The maximum Gasteiger partial charge on any atom is 0.237 e. The number of anilines is 3. The Balaban J connectivity index is 1.59. The minimum Gasteiger partial charge on any atom is -0.497 e. The highest BCUT2D eigenvalue weighted by molar-refractivity contribution is 8.02. The van der Waals surface area contributed by atoms with Gasteiger partial charge in [0.05, 0.1) is 24.0 Å². The van der Waals surface area contributed by atoms with Crippen LogP contribution in [0.5, 0.6) is 5.75 Å². The van der Waals surface area contributed by atoms with E-state index in [2.05, 4.69) is 26.9 Å². The Labute approximate surface area is 170 Å². The van der Waals surface area contributed by atoms with Gasteiger partial charge >= 0.3 is 0 Å². The molecule has 0 bridgehead atoms.